The molecule has 2 aromatic carbocycles. The molecule has 0 aliphatic carbocycles. The molecule has 7 heteroatoms. The van der Waals surface area contributed by atoms with Crippen LogP contribution < -0.4 is 15.4 Å². The van der Waals surface area contributed by atoms with Crippen LogP contribution in [0.3, 0.4) is 0 Å². The van der Waals surface area contributed by atoms with Crippen LogP contribution in [0.4, 0.5) is 20.6 Å². The fraction of sp³-hybridized carbons (Fsp3) is 0.176. The van der Waals surface area contributed by atoms with Gasteiger partial charge in [-0.3, -0.25) is 10.1 Å². The molecule has 0 fully saturated rings. The van der Waals surface area contributed by atoms with Crippen LogP contribution in [-0.2, 0) is 4.74 Å². The van der Waals surface area contributed by atoms with Crippen molar-refractivity contribution in [2.45, 2.75) is 6.92 Å². The lowest BCUT2D eigenvalue weighted by Crippen LogP contribution is -2.15. The molecule has 2 N–H and O–H groups in total. The molecule has 0 aromatic heterocycles. The molecule has 0 bridgehead atoms. The molecular weight excluding hydrogens is 315 g/mol. The Hall–Kier alpha value is -3.09. The zero-order valence-corrected chi connectivity index (χ0v) is 13.3. The third-order valence-corrected chi connectivity index (χ3v) is 3.06. The molecule has 24 heavy (non-hydrogen) atoms. The lowest BCUT2D eigenvalue weighted by Gasteiger charge is -2.11. The molecule has 126 valence electrons. The molecule has 0 saturated carbocycles. The zero-order chi connectivity index (χ0) is 17.5. The van der Waals surface area contributed by atoms with Crippen molar-refractivity contribution in [3.63, 3.8) is 0 Å². The molecule has 0 aliphatic heterocycles. The van der Waals surface area contributed by atoms with Gasteiger partial charge in [-0.15, -0.1) is 0 Å². The number of hydrogen-bond donors (Lipinski definition) is 2. The maximum Gasteiger partial charge on any atom is 0.411 e. The highest BCUT2D eigenvalue weighted by molar-refractivity contribution is 6.05. The third-order valence-electron chi connectivity index (χ3n) is 3.06. The van der Waals surface area contributed by atoms with Crippen molar-refractivity contribution in [3.8, 4) is 5.75 Å². The molecule has 6 nitrogen and oxygen atoms in total. The van der Waals surface area contributed by atoms with Gasteiger partial charge in [0.25, 0.3) is 5.91 Å². The van der Waals surface area contributed by atoms with Crippen LogP contribution in [0.2, 0.25) is 0 Å². The second-order valence-electron chi connectivity index (χ2n) is 4.73. The van der Waals surface area contributed by atoms with E-state index in [0.29, 0.717) is 16.9 Å². The SMILES string of the molecule is CCOC(=O)Nc1cccc(C(=O)Nc2ccc(F)cc2OC)c1. The van der Waals surface area contributed by atoms with Gasteiger partial charge in [0.1, 0.15) is 11.6 Å². The number of methoxy groups -OCH3 is 1. The Morgan fingerprint density at radius 2 is 1.92 bits per heavy atom. The first-order valence-corrected chi connectivity index (χ1v) is 7.22. The van der Waals surface area contributed by atoms with Gasteiger partial charge < -0.3 is 14.8 Å². The predicted molar refractivity (Wildman–Crippen MR) is 88.0 cm³/mol. The van der Waals surface area contributed by atoms with Gasteiger partial charge in [-0.25, -0.2) is 9.18 Å². The Bertz CT molecular complexity index is 749. The average molecular weight is 332 g/mol. The number of benzene rings is 2. The van der Waals surface area contributed by atoms with Gasteiger partial charge in [-0.2, -0.15) is 0 Å². The van der Waals surface area contributed by atoms with E-state index in [1.54, 1.807) is 25.1 Å². The lowest BCUT2D eigenvalue weighted by molar-refractivity contribution is 0.102. The fourth-order valence-electron chi connectivity index (χ4n) is 1.99. The molecule has 2 rings (SSSR count). The third kappa shape index (κ3) is 4.45. The maximum atomic E-state index is 13.2. The summed E-state index contributed by atoms with van der Waals surface area (Å²) >= 11 is 0. The van der Waals surface area contributed by atoms with Crippen LogP contribution in [0.25, 0.3) is 0 Å². The van der Waals surface area contributed by atoms with E-state index in [-0.39, 0.29) is 12.4 Å². The largest absolute Gasteiger partial charge is 0.494 e. The van der Waals surface area contributed by atoms with E-state index in [4.69, 9.17) is 9.47 Å². The summed E-state index contributed by atoms with van der Waals surface area (Å²) in [6.45, 7) is 1.94. The van der Waals surface area contributed by atoms with E-state index in [1.165, 1.54) is 31.4 Å². The average Bonchev–Trinajstić information content (AvgIpc) is 2.56. The number of carbonyl (C=O) groups excluding carboxylic acids is 2. The Balaban J connectivity index is 2.14. The fourth-order valence-corrected chi connectivity index (χ4v) is 1.99. The second-order valence-corrected chi connectivity index (χ2v) is 4.73. The summed E-state index contributed by atoms with van der Waals surface area (Å²) < 4.78 is 23.0. The molecule has 0 radical (unpaired) electrons. The summed E-state index contributed by atoms with van der Waals surface area (Å²) in [5, 5.41) is 5.15. The lowest BCUT2D eigenvalue weighted by atomic mass is 10.1. The molecule has 2 aromatic rings. The summed E-state index contributed by atoms with van der Waals surface area (Å²) in [5.41, 5.74) is 1.08. The number of rotatable bonds is 5. The standard InChI is InChI=1S/C17H17FN2O4/c1-3-24-17(22)19-13-6-4-5-11(9-13)16(21)20-14-8-7-12(18)10-15(14)23-2/h4-10H,3H2,1-2H3,(H,19,22)(H,20,21). The summed E-state index contributed by atoms with van der Waals surface area (Å²) in [4.78, 5) is 23.7. The Morgan fingerprint density at radius 3 is 2.62 bits per heavy atom. The van der Waals surface area contributed by atoms with E-state index in [9.17, 15) is 14.0 Å². The Kier molecular flexibility index (Phi) is 5.73. The van der Waals surface area contributed by atoms with E-state index >= 15 is 0 Å². The highest BCUT2D eigenvalue weighted by atomic mass is 19.1. The second kappa shape index (κ2) is 7.96. The molecule has 0 spiro atoms. The summed E-state index contributed by atoms with van der Waals surface area (Å²) in [5.74, 6) is -0.679. The first kappa shape index (κ1) is 17.3. The summed E-state index contributed by atoms with van der Waals surface area (Å²) in [6.07, 6.45) is -0.602. The van der Waals surface area contributed by atoms with Gasteiger partial charge in [0.2, 0.25) is 0 Å². The van der Waals surface area contributed by atoms with Crippen molar-refractivity contribution < 1.29 is 23.5 Å². The normalized spacial score (nSPS) is 9.96. The minimum atomic E-state index is -0.602. The van der Waals surface area contributed by atoms with Crippen molar-refractivity contribution in [3.05, 3.63) is 53.8 Å². The van der Waals surface area contributed by atoms with Gasteiger partial charge >= 0.3 is 6.09 Å². The van der Waals surface area contributed by atoms with Gasteiger partial charge in [-0.05, 0) is 37.3 Å². The first-order chi connectivity index (χ1) is 11.5. The number of anilines is 2. The molecule has 2 amide bonds. The van der Waals surface area contributed by atoms with Crippen molar-refractivity contribution in [2.75, 3.05) is 24.4 Å². The van der Waals surface area contributed by atoms with Crippen LogP contribution >= 0.6 is 0 Å². The highest BCUT2D eigenvalue weighted by Gasteiger charge is 2.12. The van der Waals surface area contributed by atoms with Crippen LogP contribution in [0.1, 0.15) is 17.3 Å². The van der Waals surface area contributed by atoms with E-state index < -0.39 is 17.8 Å². The molecule has 0 heterocycles. The van der Waals surface area contributed by atoms with E-state index in [0.717, 1.165) is 0 Å². The zero-order valence-electron chi connectivity index (χ0n) is 13.3. The maximum absolute atomic E-state index is 13.2. The van der Waals surface area contributed by atoms with E-state index in [1.807, 2.05) is 0 Å². The molecule has 0 atom stereocenters. The van der Waals surface area contributed by atoms with Gasteiger partial charge in [0.05, 0.1) is 19.4 Å². The molecule has 0 saturated heterocycles. The van der Waals surface area contributed by atoms with Gasteiger partial charge in [0, 0.05) is 17.3 Å². The van der Waals surface area contributed by atoms with Crippen LogP contribution in [-0.4, -0.2) is 25.7 Å². The molecule has 0 aliphatic rings. The van der Waals surface area contributed by atoms with Crippen LogP contribution in [0, 0.1) is 5.82 Å². The number of hydrogen-bond acceptors (Lipinski definition) is 4. The number of carbonyl (C=O) groups is 2. The first-order valence-electron chi connectivity index (χ1n) is 7.22. The van der Waals surface area contributed by atoms with Crippen LogP contribution in [0.15, 0.2) is 42.5 Å². The highest BCUT2D eigenvalue weighted by Crippen LogP contribution is 2.25. The van der Waals surface area contributed by atoms with Crippen molar-refractivity contribution in [1.29, 1.82) is 0 Å². The number of amides is 2. The monoisotopic (exact) mass is 332 g/mol. The van der Waals surface area contributed by atoms with Gasteiger partial charge in [0.15, 0.2) is 0 Å². The van der Waals surface area contributed by atoms with Crippen LogP contribution in [0.5, 0.6) is 5.75 Å². The van der Waals surface area contributed by atoms with Crippen molar-refractivity contribution >= 4 is 23.4 Å². The number of halogens is 1. The number of nitrogens with one attached hydrogen (secondary N) is 2. The van der Waals surface area contributed by atoms with E-state index in [2.05, 4.69) is 10.6 Å². The Labute approximate surface area is 138 Å². The topological polar surface area (TPSA) is 76.7 Å². The summed E-state index contributed by atoms with van der Waals surface area (Å²) in [7, 11) is 1.38. The smallest absolute Gasteiger partial charge is 0.411 e. The molecule has 0 unspecified atom stereocenters. The quantitative estimate of drug-likeness (QED) is 0.876. The van der Waals surface area contributed by atoms with Crippen molar-refractivity contribution in [2.24, 2.45) is 0 Å². The minimum absolute atomic E-state index is 0.212. The van der Waals surface area contributed by atoms with Crippen molar-refractivity contribution in [1.82, 2.24) is 0 Å². The van der Waals surface area contributed by atoms with Gasteiger partial charge in [-0.1, -0.05) is 6.07 Å². The number of ether oxygens (including phenoxy) is 2. The summed E-state index contributed by atoms with van der Waals surface area (Å²) in [6, 6.07) is 10.1. The predicted octanol–water partition coefficient (Wildman–Crippen LogP) is 3.66. The Morgan fingerprint density at radius 1 is 1.12 bits per heavy atom. The minimum Gasteiger partial charge on any atom is -0.494 e. The molecular formula is C17H17FN2O4.